The van der Waals surface area contributed by atoms with E-state index < -0.39 is 0 Å². The third kappa shape index (κ3) is 2.08. The first kappa shape index (κ1) is 13.1. The van der Waals surface area contributed by atoms with E-state index in [-0.39, 0.29) is 24.0 Å². The Hall–Kier alpha value is -1.86. The van der Waals surface area contributed by atoms with E-state index in [2.05, 4.69) is 6.07 Å². The molecule has 1 aromatic rings. The Kier molecular flexibility index (Phi) is 3.23. The Bertz CT molecular complexity index is 555. The third-order valence-electron chi connectivity index (χ3n) is 4.50. The summed E-state index contributed by atoms with van der Waals surface area (Å²) < 4.78 is 0. The molecule has 0 spiro atoms. The zero-order valence-electron chi connectivity index (χ0n) is 11.4. The molecule has 1 saturated carbocycles. The van der Waals surface area contributed by atoms with Gasteiger partial charge in [-0.1, -0.05) is 12.1 Å². The lowest BCUT2D eigenvalue weighted by Gasteiger charge is -2.23. The molecule has 1 aromatic carbocycles. The average molecular weight is 270 g/mol. The molecular formula is C16H18N2O2. The van der Waals surface area contributed by atoms with Crippen LogP contribution < -0.4 is 0 Å². The number of amides is 1. The number of hydrogen-bond donors (Lipinski definition) is 1. The fraction of sp³-hybridized carbons (Fsp3) is 0.500. The molecule has 20 heavy (non-hydrogen) atoms. The van der Waals surface area contributed by atoms with Gasteiger partial charge in [0.1, 0.15) is 0 Å². The molecule has 0 radical (unpaired) electrons. The van der Waals surface area contributed by atoms with Crippen LogP contribution in [0.25, 0.3) is 0 Å². The van der Waals surface area contributed by atoms with E-state index in [0.717, 1.165) is 31.2 Å². The van der Waals surface area contributed by atoms with Gasteiger partial charge in [-0.3, -0.25) is 4.79 Å². The van der Waals surface area contributed by atoms with Gasteiger partial charge in [0.05, 0.1) is 24.1 Å². The molecule has 1 aliphatic carbocycles. The van der Waals surface area contributed by atoms with E-state index in [1.54, 1.807) is 4.90 Å². The molecule has 1 atom stereocenters. The normalized spacial score (nSPS) is 23.4. The minimum Gasteiger partial charge on any atom is -0.394 e. The van der Waals surface area contributed by atoms with E-state index >= 15 is 0 Å². The van der Waals surface area contributed by atoms with Crippen LogP contribution in [0, 0.1) is 11.3 Å². The van der Waals surface area contributed by atoms with Crippen molar-refractivity contribution in [2.24, 2.45) is 0 Å². The lowest BCUT2D eigenvalue weighted by Crippen LogP contribution is -2.37. The van der Waals surface area contributed by atoms with Gasteiger partial charge >= 0.3 is 0 Å². The second kappa shape index (κ2) is 4.92. The van der Waals surface area contributed by atoms with Crippen LogP contribution in [0.3, 0.4) is 0 Å². The second-order valence-corrected chi connectivity index (χ2v) is 5.75. The number of nitrogens with zero attached hydrogens (tertiary/aromatic N) is 2. The molecule has 2 aliphatic rings. The number of aliphatic hydroxyl groups excluding tert-OH is 1. The van der Waals surface area contributed by atoms with Crippen molar-refractivity contribution >= 4 is 5.91 Å². The predicted octanol–water partition coefficient (Wildman–Crippen LogP) is 1.84. The monoisotopic (exact) mass is 270 g/mol. The first-order chi connectivity index (χ1) is 9.70. The quantitative estimate of drug-likeness (QED) is 0.911. The number of carbonyl (C=O) groups excluding carboxylic acids is 1. The molecule has 0 bridgehead atoms. The summed E-state index contributed by atoms with van der Waals surface area (Å²) in [6.45, 7) is 0.745. The fourth-order valence-corrected chi connectivity index (χ4v) is 2.98. The van der Waals surface area contributed by atoms with Crippen LogP contribution in [0.15, 0.2) is 24.3 Å². The molecule has 1 heterocycles. The Morgan fingerprint density at radius 3 is 2.65 bits per heavy atom. The lowest BCUT2D eigenvalue weighted by molar-refractivity contribution is 0.0677. The minimum absolute atomic E-state index is 0.0186. The zero-order valence-corrected chi connectivity index (χ0v) is 11.4. The average Bonchev–Trinajstić information content (AvgIpc) is 3.16. The van der Waals surface area contributed by atoms with E-state index in [1.807, 2.05) is 24.3 Å². The zero-order chi connectivity index (χ0) is 14.2. The molecule has 104 valence electrons. The highest BCUT2D eigenvalue weighted by atomic mass is 16.3. The summed E-state index contributed by atoms with van der Waals surface area (Å²) >= 11 is 0. The summed E-state index contributed by atoms with van der Waals surface area (Å²) in [6, 6.07) is 9.72. The van der Waals surface area contributed by atoms with Crippen molar-refractivity contribution in [3.05, 3.63) is 35.4 Å². The van der Waals surface area contributed by atoms with Gasteiger partial charge in [0.15, 0.2) is 0 Å². The highest BCUT2D eigenvalue weighted by molar-refractivity contribution is 5.94. The van der Waals surface area contributed by atoms with Crippen LogP contribution in [-0.4, -0.2) is 35.1 Å². The molecule has 0 unspecified atom stereocenters. The molecule has 4 nitrogen and oxygen atoms in total. The van der Waals surface area contributed by atoms with Crippen molar-refractivity contribution in [1.29, 1.82) is 5.26 Å². The number of rotatable bonds is 3. The van der Waals surface area contributed by atoms with Gasteiger partial charge < -0.3 is 10.0 Å². The van der Waals surface area contributed by atoms with Crippen LogP contribution >= 0.6 is 0 Å². The number of benzene rings is 1. The van der Waals surface area contributed by atoms with Crippen molar-refractivity contribution < 1.29 is 9.90 Å². The third-order valence-corrected chi connectivity index (χ3v) is 4.50. The van der Waals surface area contributed by atoms with Crippen LogP contribution in [0.2, 0.25) is 0 Å². The standard InChI is InChI=1S/C16H18N2O2/c17-11-16(7-8-16)13-5-3-12(4-6-13)15(20)18-9-1-2-14(18)10-19/h3-6,14,19H,1-2,7-10H2/t14-/m0/s1. The van der Waals surface area contributed by atoms with Crippen LogP contribution in [0.1, 0.15) is 41.6 Å². The highest BCUT2D eigenvalue weighted by Crippen LogP contribution is 2.47. The molecule has 2 fully saturated rings. The maximum atomic E-state index is 12.4. The SMILES string of the molecule is N#CC1(c2ccc(C(=O)N3CCC[C@H]3CO)cc2)CC1. The summed E-state index contributed by atoms with van der Waals surface area (Å²) in [7, 11) is 0. The lowest BCUT2D eigenvalue weighted by atomic mass is 9.96. The number of hydrogen-bond acceptors (Lipinski definition) is 3. The fourth-order valence-electron chi connectivity index (χ4n) is 2.98. The smallest absolute Gasteiger partial charge is 0.254 e. The molecule has 4 heteroatoms. The van der Waals surface area contributed by atoms with Crippen molar-refractivity contribution in [1.82, 2.24) is 4.90 Å². The van der Waals surface area contributed by atoms with Crippen LogP contribution in [0.4, 0.5) is 0 Å². The maximum Gasteiger partial charge on any atom is 0.254 e. The number of carbonyl (C=O) groups is 1. The van der Waals surface area contributed by atoms with Gasteiger partial charge in [-0.05, 0) is 43.4 Å². The molecule has 1 amide bonds. The summed E-state index contributed by atoms with van der Waals surface area (Å²) in [5.41, 5.74) is 1.35. The maximum absolute atomic E-state index is 12.4. The van der Waals surface area contributed by atoms with Gasteiger partial charge in [-0.15, -0.1) is 0 Å². The summed E-state index contributed by atoms with van der Waals surface area (Å²) in [4.78, 5) is 14.2. The van der Waals surface area contributed by atoms with Crippen molar-refractivity contribution in [3.63, 3.8) is 0 Å². The number of aliphatic hydroxyl groups is 1. The van der Waals surface area contributed by atoms with Crippen LogP contribution in [0.5, 0.6) is 0 Å². The summed E-state index contributed by atoms with van der Waals surface area (Å²) in [5, 5.41) is 18.5. The predicted molar refractivity (Wildman–Crippen MR) is 74.1 cm³/mol. The number of likely N-dealkylation sites (tertiary alicyclic amines) is 1. The molecular weight excluding hydrogens is 252 g/mol. The van der Waals surface area contributed by atoms with E-state index in [9.17, 15) is 15.2 Å². The van der Waals surface area contributed by atoms with Crippen molar-refractivity contribution in [2.45, 2.75) is 37.1 Å². The summed E-state index contributed by atoms with van der Waals surface area (Å²) in [5.74, 6) is -0.0186. The Morgan fingerprint density at radius 1 is 1.40 bits per heavy atom. The van der Waals surface area contributed by atoms with Gasteiger partial charge in [0.25, 0.3) is 5.91 Å². The summed E-state index contributed by atoms with van der Waals surface area (Å²) in [6.07, 6.45) is 3.65. The first-order valence-corrected chi connectivity index (χ1v) is 7.14. The van der Waals surface area contributed by atoms with E-state index in [1.165, 1.54) is 0 Å². The number of nitriles is 1. The molecule has 1 N–H and O–H groups in total. The Balaban J connectivity index is 1.78. The minimum atomic E-state index is -0.303. The van der Waals surface area contributed by atoms with Gasteiger partial charge in [-0.2, -0.15) is 5.26 Å². The second-order valence-electron chi connectivity index (χ2n) is 5.75. The van der Waals surface area contributed by atoms with Crippen LogP contribution in [-0.2, 0) is 5.41 Å². The Morgan fingerprint density at radius 2 is 2.10 bits per heavy atom. The molecule has 0 aromatic heterocycles. The molecule has 3 rings (SSSR count). The van der Waals surface area contributed by atoms with E-state index in [0.29, 0.717) is 12.1 Å². The van der Waals surface area contributed by atoms with E-state index in [4.69, 9.17) is 0 Å². The van der Waals surface area contributed by atoms with Crippen molar-refractivity contribution in [2.75, 3.05) is 13.2 Å². The first-order valence-electron chi connectivity index (χ1n) is 7.14. The topological polar surface area (TPSA) is 64.3 Å². The largest absolute Gasteiger partial charge is 0.394 e. The van der Waals surface area contributed by atoms with Gasteiger partial charge in [-0.25, -0.2) is 0 Å². The van der Waals surface area contributed by atoms with Crippen molar-refractivity contribution in [3.8, 4) is 6.07 Å². The molecule has 1 aliphatic heterocycles. The van der Waals surface area contributed by atoms with Gasteiger partial charge in [0.2, 0.25) is 0 Å². The highest BCUT2D eigenvalue weighted by Gasteiger charge is 2.44. The molecule has 1 saturated heterocycles. The Labute approximate surface area is 118 Å². The van der Waals surface area contributed by atoms with Gasteiger partial charge in [0, 0.05) is 12.1 Å².